The molecule has 0 N–H and O–H groups in total. The van der Waals surface area contributed by atoms with Gasteiger partial charge in [-0.1, -0.05) is 30.3 Å². The van der Waals surface area contributed by atoms with Crippen molar-refractivity contribution in [1.29, 1.82) is 0 Å². The van der Waals surface area contributed by atoms with Gasteiger partial charge >= 0.3 is 0 Å². The highest BCUT2D eigenvalue weighted by Gasteiger charge is 2.28. The zero-order valence-corrected chi connectivity index (χ0v) is 18.9. The van der Waals surface area contributed by atoms with Crippen LogP contribution in [0.25, 0.3) is 0 Å². The van der Waals surface area contributed by atoms with Crippen molar-refractivity contribution < 1.29 is 22.3 Å². The van der Waals surface area contributed by atoms with Crippen LogP contribution in [0.1, 0.15) is 22.3 Å². The molecule has 0 saturated carbocycles. The van der Waals surface area contributed by atoms with E-state index in [1.165, 1.54) is 16.4 Å². The molecule has 1 amide bonds. The lowest BCUT2D eigenvalue weighted by Gasteiger charge is -2.22. The summed E-state index contributed by atoms with van der Waals surface area (Å²) in [6, 6.07) is 21.6. The molecule has 1 fully saturated rings. The van der Waals surface area contributed by atoms with E-state index < -0.39 is 15.8 Å². The molecule has 8 heteroatoms. The van der Waals surface area contributed by atoms with Gasteiger partial charge in [0.05, 0.1) is 4.90 Å². The van der Waals surface area contributed by atoms with Crippen molar-refractivity contribution in [2.24, 2.45) is 0 Å². The van der Waals surface area contributed by atoms with Crippen LogP contribution in [0.5, 0.6) is 5.75 Å². The molecule has 33 heavy (non-hydrogen) atoms. The molecule has 0 atom stereocenters. The summed E-state index contributed by atoms with van der Waals surface area (Å²) < 4.78 is 46.1. The Labute approximate surface area is 193 Å². The quantitative estimate of drug-likeness (QED) is 0.550. The first kappa shape index (κ1) is 22.9. The Morgan fingerprint density at radius 2 is 1.55 bits per heavy atom. The lowest BCUT2D eigenvalue weighted by molar-refractivity contribution is 0.0764. The molecule has 0 aliphatic carbocycles. The lowest BCUT2D eigenvalue weighted by atomic mass is 10.2. The average molecular weight is 469 g/mol. The highest BCUT2D eigenvalue weighted by Crippen LogP contribution is 2.20. The highest BCUT2D eigenvalue weighted by molar-refractivity contribution is 7.89. The van der Waals surface area contributed by atoms with Crippen molar-refractivity contribution in [2.45, 2.75) is 17.9 Å². The molecule has 3 aromatic rings. The molecule has 4 rings (SSSR count). The van der Waals surface area contributed by atoms with Gasteiger partial charge in [0.1, 0.15) is 18.2 Å². The molecular weight excluding hydrogens is 443 g/mol. The van der Waals surface area contributed by atoms with Crippen molar-refractivity contribution in [1.82, 2.24) is 9.21 Å². The van der Waals surface area contributed by atoms with E-state index in [0.29, 0.717) is 37.4 Å². The van der Waals surface area contributed by atoms with Gasteiger partial charge in [0.25, 0.3) is 5.91 Å². The Morgan fingerprint density at radius 3 is 2.24 bits per heavy atom. The Kier molecular flexibility index (Phi) is 7.05. The van der Waals surface area contributed by atoms with E-state index >= 15 is 0 Å². The number of amides is 1. The predicted molar refractivity (Wildman–Crippen MR) is 123 cm³/mol. The number of carbonyl (C=O) groups excluding carboxylic acids is 1. The van der Waals surface area contributed by atoms with E-state index in [9.17, 15) is 17.6 Å². The normalized spacial score (nSPS) is 15.1. The summed E-state index contributed by atoms with van der Waals surface area (Å²) in [5, 5.41) is 0. The van der Waals surface area contributed by atoms with Crippen LogP contribution in [0.3, 0.4) is 0 Å². The van der Waals surface area contributed by atoms with E-state index in [2.05, 4.69) is 0 Å². The largest absolute Gasteiger partial charge is 0.489 e. The lowest BCUT2D eigenvalue weighted by Crippen LogP contribution is -2.37. The third kappa shape index (κ3) is 5.58. The predicted octanol–water partition coefficient (Wildman–Crippen LogP) is 3.94. The molecule has 0 bridgehead atoms. The minimum Gasteiger partial charge on any atom is -0.489 e. The summed E-state index contributed by atoms with van der Waals surface area (Å²) in [6.45, 7) is 1.67. The number of nitrogens with zero attached hydrogens (tertiary/aromatic N) is 2. The van der Waals surface area contributed by atoms with E-state index in [0.717, 1.165) is 17.7 Å². The van der Waals surface area contributed by atoms with Crippen LogP contribution in [0.2, 0.25) is 0 Å². The van der Waals surface area contributed by atoms with Gasteiger partial charge < -0.3 is 9.64 Å². The number of hydrogen-bond donors (Lipinski definition) is 0. The van der Waals surface area contributed by atoms with Gasteiger partial charge in [-0.05, 0) is 60.5 Å². The molecular formula is C25H25FN2O4S. The van der Waals surface area contributed by atoms with E-state index in [-0.39, 0.29) is 23.9 Å². The second-order valence-corrected chi connectivity index (χ2v) is 9.74. The summed E-state index contributed by atoms with van der Waals surface area (Å²) in [5.74, 6) is 0.0338. The SMILES string of the molecule is O=C(c1ccc(OCc2ccccc2)cc1)N1CCCN(S(=O)(=O)c2ccc(F)cc2)CC1. The summed E-state index contributed by atoms with van der Waals surface area (Å²) in [6.07, 6.45) is 0.518. The fourth-order valence-corrected chi connectivity index (χ4v) is 5.18. The van der Waals surface area contributed by atoms with Crippen LogP contribution in [0.4, 0.5) is 4.39 Å². The van der Waals surface area contributed by atoms with Crippen LogP contribution < -0.4 is 4.74 Å². The zero-order chi connectivity index (χ0) is 23.3. The number of carbonyl (C=O) groups is 1. The first-order valence-corrected chi connectivity index (χ1v) is 12.2. The maximum atomic E-state index is 13.2. The van der Waals surface area contributed by atoms with Crippen molar-refractivity contribution in [3.8, 4) is 5.75 Å². The Balaban J connectivity index is 1.36. The van der Waals surface area contributed by atoms with Gasteiger partial charge in [-0.3, -0.25) is 4.79 Å². The van der Waals surface area contributed by atoms with E-state index in [4.69, 9.17) is 4.74 Å². The molecule has 1 heterocycles. The number of hydrogen-bond acceptors (Lipinski definition) is 4. The van der Waals surface area contributed by atoms with Crippen LogP contribution in [0, 0.1) is 5.82 Å². The summed E-state index contributed by atoms with van der Waals surface area (Å²) in [4.78, 5) is 14.7. The molecule has 0 spiro atoms. The van der Waals surface area contributed by atoms with Crippen molar-refractivity contribution >= 4 is 15.9 Å². The molecule has 3 aromatic carbocycles. The monoisotopic (exact) mass is 468 g/mol. The number of sulfonamides is 1. The third-order valence-electron chi connectivity index (χ3n) is 5.54. The highest BCUT2D eigenvalue weighted by atomic mass is 32.2. The Bertz CT molecular complexity index is 1180. The van der Waals surface area contributed by atoms with Gasteiger partial charge in [-0.2, -0.15) is 4.31 Å². The number of halogens is 1. The molecule has 0 radical (unpaired) electrons. The maximum absolute atomic E-state index is 13.2. The second kappa shape index (κ2) is 10.1. The summed E-state index contributed by atoms with van der Waals surface area (Å²) in [7, 11) is -3.74. The van der Waals surface area contributed by atoms with Gasteiger partial charge in [0.2, 0.25) is 10.0 Å². The maximum Gasteiger partial charge on any atom is 0.253 e. The first-order chi connectivity index (χ1) is 15.9. The fourth-order valence-electron chi connectivity index (χ4n) is 3.71. The second-order valence-electron chi connectivity index (χ2n) is 7.80. The zero-order valence-electron chi connectivity index (χ0n) is 18.1. The molecule has 6 nitrogen and oxygen atoms in total. The third-order valence-corrected chi connectivity index (χ3v) is 7.46. The minimum atomic E-state index is -3.74. The van der Waals surface area contributed by atoms with Crippen molar-refractivity contribution in [2.75, 3.05) is 26.2 Å². The number of benzene rings is 3. The summed E-state index contributed by atoms with van der Waals surface area (Å²) in [5.41, 5.74) is 1.58. The minimum absolute atomic E-state index is 0.0507. The van der Waals surface area contributed by atoms with Crippen molar-refractivity contribution in [3.05, 3.63) is 95.8 Å². The first-order valence-electron chi connectivity index (χ1n) is 10.8. The molecule has 1 aliphatic rings. The van der Waals surface area contributed by atoms with Gasteiger partial charge in [-0.15, -0.1) is 0 Å². The Hall–Kier alpha value is -3.23. The van der Waals surface area contributed by atoms with E-state index in [1.807, 2.05) is 30.3 Å². The Morgan fingerprint density at radius 1 is 0.848 bits per heavy atom. The van der Waals surface area contributed by atoms with Crippen LogP contribution >= 0.6 is 0 Å². The van der Waals surface area contributed by atoms with Crippen LogP contribution in [-0.2, 0) is 16.6 Å². The topological polar surface area (TPSA) is 66.9 Å². The fraction of sp³-hybridized carbons (Fsp3) is 0.240. The number of ether oxygens (including phenoxy) is 1. The van der Waals surface area contributed by atoms with Gasteiger partial charge in [-0.25, -0.2) is 12.8 Å². The van der Waals surface area contributed by atoms with Crippen LogP contribution in [-0.4, -0.2) is 49.7 Å². The average Bonchev–Trinajstić information content (AvgIpc) is 3.11. The smallest absolute Gasteiger partial charge is 0.253 e. The van der Waals surface area contributed by atoms with E-state index in [1.54, 1.807) is 29.2 Å². The molecule has 0 unspecified atom stereocenters. The molecule has 1 aliphatic heterocycles. The van der Waals surface area contributed by atoms with Gasteiger partial charge in [0.15, 0.2) is 0 Å². The van der Waals surface area contributed by atoms with Crippen molar-refractivity contribution in [3.63, 3.8) is 0 Å². The standard InChI is InChI=1S/C25H25FN2O4S/c26-22-9-13-24(14-10-22)33(30,31)28-16-4-15-27(17-18-28)25(29)21-7-11-23(12-8-21)32-19-20-5-2-1-3-6-20/h1-3,5-14H,4,15-19H2. The molecule has 0 aromatic heterocycles. The summed E-state index contributed by atoms with van der Waals surface area (Å²) >= 11 is 0. The molecule has 172 valence electrons. The van der Waals surface area contributed by atoms with Crippen LogP contribution in [0.15, 0.2) is 83.8 Å². The van der Waals surface area contributed by atoms with Gasteiger partial charge in [0, 0.05) is 31.7 Å². The number of rotatable bonds is 6. The molecule has 1 saturated heterocycles.